The molecule has 142 valence electrons. The Kier molecular flexibility index (Phi) is 4.56. The molecule has 0 N–H and O–H groups in total. The predicted molar refractivity (Wildman–Crippen MR) is 103 cm³/mol. The van der Waals surface area contributed by atoms with Crippen LogP contribution < -0.4 is 5.56 Å². The van der Waals surface area contributed by atoms with Crippen LogP contribution in [-0.2, 0) is 11.3 Å². The maximum absolute atomic E-state index is 13.2. The fourth-order valence-corrected chi connectivity index (χ4v) is 3.97. The second-order valence-electron chi connectivity index (χ2n) is 6.14. The number of fused-ring (bicyclic) bond motifs is 1. The number of carbonyl (C=O) groups excluding carboxylic acids is 1. The van der Waals surface area contributed by atoms with E-state index in [4.69, 9.17) is 4.42 Å². The number of nitrogens with zero attached hydrogens (tertiary/aromatic N) is 2. The Bertz CT molecular complexity index is 1240. The van der Waals surface area contributed by atoms with Gasteiger partial charge in [-0.1, -0.05) is 12.1 Å². The number of ether oxygens (including phenoxy) is 1. The smallest absolute Gasteiger partial charge is 0.373 e. The monoisotopic (exact) mass is 398 g/mol. The number of aromatic nitrogens is 2. The van der Waals surface area contributed by atoms with Gasteiger partial charge in [-0.3, -0.25) is 9.36 Å². The van der Waals surface area contributed by atoms with Gasteiger partial charge in [-0.15, -0.1) is 11.3 Å². The molecule has 0 saturated heterocycles. The van der Waals surface area contributed by atoms with Crippen molar-refractivity contribution in [3.63, 3.8) is 0 Å². The van der Waals surface area contributed by atoms with Crippen LogP contribution in [0, 0.1) is 12.7 Å². The fraction of sp³-hybridized carbons (Fsp3) is 0.150. The Hall–Kier alpha value is -3.26. The maximum Gasteiger partial charge on any atom is 0.373 e. The lowest BCUT2D eigenvalue weighted by Gasteiger charge is -2.08. The number of furan rings is 1. The molecule has 4 aromatic rings. The molecule has 3 heterocycles. The molecule has 0 saturated carbocycles. The van der Waals surface area contributed by atoms with Crippen LogP contribution in [-0.4, -0.2) is 22.6 Å². The molecule has 0 spiro atoms. The van der Waals surface area contributed by atoms with E-state index in [1.165, 1.54) is 41.2 Å². The van der Waals surface area contributed by atoms with Gasteiger partial charge in [0.2, 0.25) is 5.76 Å². The molecule has 0 fully saturated rings. The first-order chi connectivity index (χ1) is 13.5. The van der Waals surface area contributed by atoms with E-state index in [9.17, 15) is 14.0 Å². The van der Waals surface area contributed by atoms with Crippen molar-refractivity contribution in [3.8, 4) is 11.1 Å². The van der Waals surface area contributed by atoms with Gasteiger partial charge in [0.1, 0.15) is 22.2 Å². The molecule has 3 aromatic heterocycles. The van der Waals surface area contributed by atoms with E-state index in [-0.39, 0.29) is 23.7 Å². The van der Waals surface area contributed by atoms with Gasteiger partial charge in [0, 0.05) is 10.9 Å². The van der Waals surface area contributed by atoms with Gasteiger partial charge < -0.3 is 9.15 Å². The lowest BCUT2D eigenvalue weighted by atomic mass is 10.1. The molecular weight excluding hydrogens is 383 g/mol. The van der Waals surface area contributed by atoms with Gasteiger partial charge in [-0.05, 0) is 36.8 Å². The Morgan fingerprint density at radius 1 is 1.25 bits per heavy atom. The van der Waals surface area contributed by atoms with Crippen molar-refractivity contribution in [2.24, 2.45) is 0 Å². The third-order valence-electron chi connectivity index (χ3n) is 4.40. The molecule has 0 amide bonds. The fourth-order valence-electron chi connectivity index (χ4n) is 2.98. The van der Waals surface area contributed by atoms with E-state index in [2.05, 4.69) is 9.72 Å². The minimum Gasteiger partial charge on any atom is -0.463 e. The van der Waals surface area contributed by atoms with E-state index in [0.29, 0.717) is 27.4 Å². The number of benzene rings is 1. The standard InChI is InChI=1S/C20H15FN2O4S/c1-11-22-18-17(15(10-28-18)12-3-5-13(21)6-4-12)19(24)23(11)9-14-7-8-16(27-14)20(25)26-2/h3-8,10H,9H2,1-2H3. The SMILES string of the molecule is COC(=O)c1ccc(Cn2c(C)nc3scc(-c4ccc(F)cc4)c3c2=O)o1. The van der Waals surface area contributed by atoms with Gasteiger partial charge in [-0.2, -0.15) is 0 Å². The Labute approximate surface area is 162 Å². The van der Waals surface area contributed by atoms with E-state index >= 15 is 0 Å². The van der Waals surface area contributed by atoms with Gasteiger partial charge in [-0.25, -0.2) is 14.2 Å². The third-order valence-corrected chi connectivity index (χ3v) is 5.27. The zero-order valence-electron chi connectivity index (χ0n) is 15.1. The maximum atomic E-state index is 13.2. The van der Waals surface area contributed by atoms with Gasteiger partial charge in [0.25, 0.3) is 5.56 Å². The van der Waals surface area contributed by atoms with E-state index in [0.717, 1.165) is 5.56 Å². The number of halogens is 1. The van der Waals surface area contributed by atoms with Crippen LogP contribution in [0.25, 0.3) is 21.3 Å². The minimum absolute atomic E-state index is 0.0692. The molecule has 0 atom stereocenters. The highest BCUT2D eigenvalue weighted by Gasteiger charge is 2.17. The summed E-state index contributed by atoms with van der Waals surface area (Å²) in [5.74, 6) is 0.111. The van der Waals surface area contributed by atoms with Crippen molar-refractivity contribution in [3.05, 3.63) is 75.3 Å². The van der Waals surface area contributed by atoms with Crippen molar-refractivity contribution in [2.75, 3.05) is 7.11 Å². The summed E-state index contributed by atoms with van der Waals surface area (Å²) in [6, 6.07) is 9.11. The lowest BCUT2D eigenvalue weighted by molar-refractivity contribution is 0.0563. The van der Waals surface area contributed by atoms with E-state index in [1.807, 2.05) is 5.38 Å². The highest BCUT2D eigenvalue weighted by Crippen LogP contribution is 2.31. The molecule has 0 aliphatic rings. The topological polar surface area (TPSA) is 74.3 Å². The largest absolute Gasteiger partial charge is 0.463 e. The summed E-state index contributed by atoms with van der Waals surface area (Å²) in [5, 5.41) is 2.32. The summed E-state index contributed by atoms with van der Waals surface area (Å²) in [5.41, 5.74) is 1.23. The minimum atomic E-state index is -0.583. The number of aryl methyl sites for hydroxylation is 1. The van der Waals surface area contributed by atoms with Gasteiger partial charge >= 0.3 is 5.97 Å². The predicted octanol–water partition coefficient (Wildman–Crippen LogP) is 4.00. The van der Waals surface area contributed by atoms with E-state index in [1.54, 1.807) is 25.1 Å². The number of thiophene rings is 1. The Morgan fingerprint density at radius 3 is 2.71 bits per heavy atom. The van der Waals surface area contributed by atoms with Crippen molar-refractivity contribution >= 4 is 27.5 Å². The van der Waals surface area contributed by atoms with Crippen LogP contribution in [0.4, 0.5) is 4.39 Å². The molecular formula is C20H15FN2O4S. The summed E-state index contributed by atoms with van der Waals surface area (Å²) in [6.45, 7) is 1.87. The molecule has 0 bridgehead atoms. The second-order valence-corrected chi connectivity index (χ2v) is 7.00. The first kappa shape index (κ1) is 18.1. The van der Waals surface area contributed by atoms with Crippen molar-refractivity contribution < 1.29 is 18.3 Å². The molecule has 0 unspecified atom stereocenters. The zero-order chi connectivity index (χ0) is 19.8. The molecule has 8 heteroatoms. The average molecular weight is 398 g/mol. The molecule has 0 radical (unpaired) electrons. The summed E-state index contributed by atoms with van der Waals surface area (Å²) in [7, 11) is 1.27. The van der Waals surface area contributed by atoms with Crippen molar-refractivity contribution in [2.45, 2.75) is 13.5 Å². The highest BCUT2D eigenvalue weighted by atomic mass is 32.1. The first-order valence-electron chi connectivity index (χ1n) is 8.39. The van der Waals surface area contributed by atoms with Crippen LogP contribution in [0.3, 0.4) is 0 Å². The Morgan fingerprint density at radius 2 is 2.00 bits per heavy atom. The normalized spacial score (nSPS) is 11.1. The van der Waals surface area contributed by atoms with Crippen molar-refractivity contribution in [1.82, 2.24) is 9.55 Å². The lowest BCUT2D eigenvalue weighted by Crippen LogP contribution is -2.24. The number of hydrogen-bond acceptors (Lipinski definition) is 6. The van der Waals surface area contributed by atoms with Crippen LogP contribution in [0.5, 0.6) is 0 Å². The summed E-state index contributed by atoms with van der Waals surface area (Å²) in [6.07, 6.45) is 0. The Balaban J connectivity index is 1.80. The average Bonchev–Trinajstić information content (AvgIpc) is 3.32. The third kappa shape index (κ3) is 3.11. The van der Waals surface area contributed by atoms with Crippen LogP contribution in [0.15, 0.2) is 51.0 Å². The van der Waals surface area contributed by atoms with Crippen LogP contribution in [0.1, 0.15) is 22.1 Å². The molecule has 28 heavy (non-hydrogen) atoms. The first-order valence-corrected chi connectivity index (χ1v) is 9.27. The summed E-state index contributed by atoms with van der Waals surface area (Å²) >= 11 is 1.36. The molecule has 0 aliphatic carbocycles. The molecule has 0 aliphatic heterocycles. The molecule has 4 rings (SSSR count). The number of carbonyl (C=O) groups is 1. The number of methoxy groups -OCH3 is 1. The van der Waals surface area contributed by atoms with Gasteiger partial charge in [0.05, 0.1) is 19.0 Å². The zero-order valence-corrected chi connectivity index (χ0v) is 15.9. The molecule has 1 aromatic carbocycles. The summed E-state index contributed by atoms with van der Waals surface area (Å²) in [4.78, 5) is 29.9. The molecule has 6 nitrogen and oxygen atoms in total. The van der Waals surface area contributed by atoms with Crippen LogP contribution in [0.2, 0.25) is 0 Å². The number of esters is 1. The van der Waals surface area contributed by atoms with Crippen LogP contribution >= 0.6 is 11.3 Å². The quantitative estimate of drug-likeness (QED) is 0.486. The highest BCUT2D eigenvalue weighted by molar-refractivity contribution is 7.17. The summed E-state index contributed by atoms with van der Waals surface area (Å²) < 4.78 is 24.8. The van der Waals surface area contributed by atoms with E-state index < -0.39 is 5.97 Å². The number of hydrogen-bond donors (Lipinski definition) is 0. The van der Waals surface area contributed by atoms with Crippen molar-refractivity contribution in [1.29, 1.82) is 0 Å². The number of rotatable bonds is 4. The second kappa shape index (κ2) is 7.05. The van der Waals surface area contributed by atoms with Gasteiger partial charge in [0.15, 0.2) is 0 Å².